The van der Waals surface area contributed by atoms with Gasteiger partial charge in [0.05, 0.1) is 0 Å². The molecule has 4 nitrogen and oxygen atoms in total. The van der Waals surface area contributed by atoms with Gasteiger partial charge in [0.25, 0.3) is 0 Å². The van der Waals surface area contributed by atoms with Crippen molar-refractivity contribution in [2.24, 2.45) is 0 Å². The summed E-state index contributed by atoms with van der Waals surface area (Å²) < 4.78 is 8.92. The van der Waals surface area contributed by atoms with Crippen LogP contribution in [0.5, 0.6) is 0 Å². The van der Waals surface area contributed by atoms with E-state index < -0.39 is 0 Å². The average molecular weight is 756 g/mol. The van der Waals surface area contributed by atoms with Crippen LogP contribution < -0.4 is 0 Å². The fraction of sp³-hybridized carbons (Fsp3) is 0. The smallest absolute Gasteiger partial charge is 0.164 e. The Morgan fingerprint density at radius 3 is 1.91 bits per heavy atom. The molecule has 12 aromatic rings. The first kappa shape index (κ1) is 31.7. The molecule has 0 bridgehead atoms. The molecule has 5 heteroatoms. The lowest BCUT2D eigenvalue weighted by Crippen LogP contribution is -2.00. The maximum Gasteiger partial charge on any atom is 0.164 e. The van der Waals surface area contributed by atoms with Crippen LogP contribution in [0, 0.1) is 0 Å². The van der Waals surface area contributed by atoms with Gasteiger partial charge in [0, 0.05) is 53.2 Å². The molecule has 0 amide bonds. The van der Waals surface area contributed by atoms with E-state index in [1.54, 1.807) is 0 Å². The van der Waals surface area contributed by atoms with E-state index in [0.29, 0.717) is 17.5 Å². The molecule has 13 rings (SSSR count). The van der Waals surface area contributed by atoms with Crippen molar-refractivity contribution < 1.29 is 4.42 Å². The first-order valence-corrected chi connectivity index (χ1v) is 20.3. The van der Waals surface area contributed by atoms with Gasteiger partial charge >= 0.3 is 0 Å². The number of benzene rings is 9. The summed E-state index contributed by atoms with van der Waals surface area (Å²) in [6.45, 7) is 0. The van der Waals surface area contributed by atoms with Gasteiger partial charge in [-0.05, 0) is 79.7 Å². The number of fused-ring (bicyclic) bond motifs is 11. The van der Waals surface area contributed by atoms with Crippen molar-refractivity contribution in [2.75, 3.05) is 0 Å². The second kappa shape index (κ2) is 12.0. The van der Waals surface area contributed by atoms with Crippen molar-refractivity contribution in [3.63, 3.8) is 0 Å². The fourth-order valence-electron chi connectivity index (χ4n) is 9.33. The van der Waals surface area contributed by atoms with E-state index in [1.165, 1.54) is 69.7 Å². The maximum atomic E-state index is 6.27. The summed E-state index contributed by atoms with van der Waals surface area (Å²) in [7, 11) is 0. The summed E-state index contributed by atoms with van der Waals surface area (Å²) in [6, 6.07) is 62.5. The highest BCUT2D eigenvalue weighted by Gasteiger charge is 2.28. The Bertz CT molecular complexity index is 3690. The SMILES string of the molecule is c1ccc(-c2nc(-c3ccc4c(-c5cc6c(c7sc8ccccc8c57)-c5cccc7cccc-6c57)cccc4c3)nc(-c3cccc4oc5ccccc5c34)n2)cc1. The van der Waals surface area contributed by atoms with Crippen LogP contribution in [0.1, 0.15) is 0 Å². The Morgan fingerprint density at radius 1 is 0.362 bits per heavy atom. The Hall–Kier alpha value is -7.47. The Morgan fingerprint density at radius 2 is 1.03 bits per heavy atom. The number of thiophene rings is 1. The first-order chi connectivity index (χ1) is 28.7. The number of nitrogens with zero attached hydrogens (tertiary/aromatic N) is 3. The normalized spacial score (nSPS) is 12.1. The van der Waals surface area contributed by atoms with Crippen molar-refractivity contribution in [3.05, 3.63) is 176 Å². The van der Waals surface area contributed by atoms with Gasteiger partial charge in [-0.2, -0.15) is 0 Å². The minimum atomic E-state index is 0.607. The summed E-state index contributed by atoms with van der Waals surface area (Å²) in [5, 5.41) is 9.59. The molecule has 0 radical (unpaired) electrons. The van der Waals surface area contributed by atoms with Crippen LogP contribution in [0.4, 0.5) is 0 Å². The van der Waals surface area contributed by atoms with Crippen molar-refractivity contribution in [1.82, 2.24) is 15.0 Å². The average Bonchev–Trinajstić information content (AvgIpc) is 3.97. The Labute approximate surface area is 336 Å². The fourth-order valence-corrected chi connectivity index (χ4v) is 10.6. The van der Waals surface area contributed by atoms with Crippen molar-refractivity contribution >= 4 is 75.0 Å². The minimum Gasteiger partial charge on any atom is -0.456 e. The van der Waals surface area contributed by atoms with Gasteiger partial charge < -0.3 is 4.42 Å². The van der Waals surface area contributed by atoms with Crippen LogP contribution in [0.3, 0.4) is 0 Å². The predicted octanol–water partition coefficient (Wildman–Crippen LogP) is 14.8. The zero-order valence-electron chi connectivity index (χ0n) is 30.9. The second-order valence-electron chi connectivity index (χ2n) is 15.0. The number of furan rings is 1. The molecule has 9 aromatic carbocycles. The lowest BCUT2D eigenvalue weighted by molar-refractivity contribution is 0.669. The van der Waals surface area contributed by atoms with E-state index in [2.05, 4.69) is 115 Å². The highest BCUT2D eigenvalue weighted by Crippen LogP contribution is 2.56. The molecule has 1 aliphatic carbocycles. The number of rotatable bonds is 4. The molecule has 0 aliphatic heterocycles. The molecule has 0 saturated heterocycles. The molecule has 0 fully saturated rings. The third-order valence-corrected chi connectivity index (χ3v) is 13.0. The molecule has 268 valence electrons. The van der Waals surface area contributed by atoms with Crippen LogP contribution in [-0.2, 0) is 0 Å². The molecule has 0 unspecified atom stereocenters. The van der Waals surface area contributed by atoms with Gasteiger partial charge in [-0.3, -0.25) is 0 Å². The summed E-state index contributed by atoms with van der Waals surface area (Å²) in [6.07, 6.45) is 0. The molecule has 3 heterocycles. The number of aromatic nitrogens is 3. The van der Waals surface area contributed by atoms with Gasteiger partial charge in [-0.1, -0.05) is 146 Å². The quantitative estimate of drug-likeness (QED) is 0.179. The van der Waals surface area contributed by atoms with E-state index in [9.17, 15) is 0 Å². The Kier molecular flexibility index (Phi) is 6.57. The van der Waals surface area contributed by atoms with Gasteiger partial charge in [0.1, 0.15) is 11.2 Å². The van der Waals surface area contributed by atoms with Crippen molar-refractivity contribution in [1.29, 1.82) is 0 Å². The van der Waals surface area contributed by atoms with E-state index in [0.717, 1.165) is 44.0 Å². The standard InChI is InChI=1S/C53H29N3OS/c1-2-12-31(13-3-1)51-54-52(56-53(55-51)40-22-11-24-44-47(40)37-17-4-6-23-43(37)57-44)33-26-27-34-32(28-33)16-10-19-35(34)41-29-42-36-20-8-14-30-15-9-21-39(46(30)36)49(42)50-48(41)38-18-5-7-25-45(38)58-50/h1-29H. The minimum absolute atomic E-state index is 0.607. The molecule has 3 aromatic heterocycles. The molecule has 0 N–H and O–H groups in total. The predicted molar refractivity (Wildman–Crippen MR) is 241 cm³/mol. The second-order valence-corrected chi connectivity index (χ2v) is 16.1. The number of hydrogen-bond acceptors (Lipinski definition) is 5. The van der Waals surface area contributed by atoms with Gasteiger partial charge in [0.2, 0.25) is 0 Å². The highest BCUT2D eigenvalue weighted by atomic mass is 32.1. The van der Waals surface area contributed by atoms with E-state index in [-0.39, 0.29) is 0 Å². The van der Waals surface area contributed by atoms with E-state index in [4.69, 9.17) is 19.4 Å². The van der Waals surface area contributed by atoms with Crippen molar-refractivity contribution in [2.45, 2.75) is 0 Å². The maximum absolute atomic E-state index is 6.27. The summed E-state index contributed by atoms with van der Waals surface area (Å²) in [5.74, 6) is 1.85. The number of para-hydroxylation sites is 1. The monoisotopic (exact) mass is 755 g/mol. The summed E-state index contributed by atoms with van der Waals surface area (Å²) >= 11 is 1.91. The zero-order valence-corrected chi connectivity index (χ0v) is 31.7. The van der Waals surface area contributed by atoms with Gasteiger partial charge in [-0.25, -0.2) is 15.0 Å². The molecule has 0 atom stereocenters. The number of hydrogen-bond donors (Lipinski definition) is 0. The van der Waals surface area contributed by atoms with Crippen LogP contribution in [0.15, 0.2) is 180 Å². The van der Waals surface area contributed by atoms with Crippen LogP contribution >= 0.6 is 11.3 Å². The van der Waals surface area contributed by atoms with Gasteiger partial charge in [-0.15, -0.1) is 11.3 Å². The molecule has 0 saturated carbocycles. The molecule has 0 spiro atoms. The topological polar surface area (TPSA) is 51.8 Å². The van der Waals surface area contributed by atoms with E-state index in [1.807, 2.05) is 72.0 Å². The summed E-state index contributed by atoms with van der Waals surface area (Å²) in [5.41, 5.74) is 12.2. The molecular formula is C53H29N3OS. The molecule has 1 aliphatic rings. The lowest BCUT2D eigenvalue weighted by Gasteiger charge is -2.14. The first-order valence-electron chi connectivity index (χ1n) is 19.5. The van der Waals surface area contributed by atoms with Crippen LogP contribution in [0.25, 0.3) is 131 Å². The third kappa shape index (κ3) is 4.53. The third-order valence-electron chi connectivity index (χ3n) is 11.9. The Balaban J connectivity index is 1.03. The van der Waals surface area contributed by atoms with E-state index >= 15 is 0 Å². The van der Waals surface area contributed by atoms with Crippen LogP contribution in [0.2, 0.25) is 0 Å². The summed E-state index contributed by atoms with van der Waals surface area (Å²) in [4.78, 5) is 15.4. The largest absolute Gasteiger partial charge is 0.456 e. The lowest BCUT2D eigenvalue weighted by atomic mass is 9.90. The highest BCUT2D eigenvalue weighted by molar-refractivity contribution is 7.26. The molecule has 58 heavy (non-hydrogen) atoms. The zero-order chi connectivity index (χ0) is 37.9. The van der Waals surface area contributed by atoms with Gasteiger partial charge in [0.15, 0.2) is 17.5 Å². The molecular weight excluding hydrogens is 727 g/mol. The van der Waals surface area contributed by atoms with Crippen molar-refractivity contribution in [3.8, 4) is 67.5 Å². The van der Waals surface area contributed by atoms with Crippen LogP contribution in [-0.4, -0.2) is 15.0 Å².